The van der Waals surface area contributed by atoms with E-state index in [0.717, 1.165) is 34.6 Å². The maximum absolute atomic E-state index is 12.3. The Morgan fingerprint density at radius 3 is 2.72 bits per heavy atom. The monoisotopic (exact) mass is 356 g/mol. The summed E-state index contributed by atoms with van der Waals surface area (Å²) in [7, 11) is 0. The molecule has 0 fully saturated rings. The van der Waals surface area contributed by atoms with E-state index < -0.39 is 0 Å². The number of nitrogens with zero attached hydrogens (tertiary/aromatic N) is 1. The van der Waals surface area contributed by atoms with Crippen molar-refractivity contribution in [2.45, 2.75) is 13.8 Å². The maximum atomic E-state index is 12.3. The third-order valence-electron chi connectivity index (χ3n) is 4.43. The summed E-state index contributed by atoms with van der Waals surface area (Å²) in [5.41, 5.74) is 5.37. The van der Waals surface area contributed by atoms with E-state index in [1.807, 2.05) is 37.3 Å². The number of fused-ring (bicyclic) bond motifs is 1. The molecule has 2 aromatic rings. The van der Waals surface area contributed by atoms with Gasteiger partial charge in [-0.15, -0.1) is 0 Å². The molecule has 3 rings (SSSR count). The van der Waals surface area contributed by atoms with E-state index in [1.165, 1.54) is 0 Å². The molecule has 0 atom stereocenters. The molecule has 1 aliphatic heterocycles. The van der Waals surface area contributed by atoms with E-state index in [0.29, 0.717) is 17.1 Å². The zero-order valence-electron chi connectivity index (χ0n) is 14.3. The lowest BCUT2D eigenvalue weighted by Gasteiger charge is -2.22. The Bertz CT molecular complexity index is 846. The molecule has 2 N–H and O–H groups in total. The number of aryl methyl sites for hydroxylation is 1. The molecule has 0 aromatic heterocycles. The van der Waals surface area contributed by atoms with Crippen LogP contribution >= 0.6 is 11.6 Å². The molecule has 1 aliphatic rings. The summed E-state index contributed by atoms with van der Waals surface area (Å²) in [6.07, 6.45) is 1.90. The Balaban J connectivity index is 1.97. The summed E-state index contributed by atoms with van der Waals surface area (Å²) in [6.45, 7) is 5.63. The molecule has 0 spiro atoms. The van der Waals surface area contributed by atoms with Gasteiger partial charge in [0.1, 0.15) is 0 Å². The standard InChI is InChI=1S/C20H21ClN2O2/c1-3-23(8-9-24)16-6-4-14(13(2)10-16)11-18-17-12-15(21)5-7-19(17)22-20(18)25/h4-7,10-12,24H,3,8-9H2,1-2H3,(H,22,25)/b18-11+. The number of aliphatic hydroxyl groups excluding tert-OH is 1. The minimum atomic E-state index is -0.115. The predicted octanol–water partition coefficient (Wildman–Crippen LogP) is 3.96. The Morgan fingerprint density at radius 2 is 2.04 bits per heavy atom. The number of anilines is 2. The number of hydrogen-bond acceptors (Lipinski definition) is 3. The molecule has 5 heteroatoms. The topological polar surface area (TPSA) is 52.6 Å². The molecule has 0 bridgehead atoms. The van der Waals surface area contributed by atoms with Gasteiger partial charge in [0, 0.05) is 40.6 Å². The van der Waals surface area contributed by atoms with E-state index in [1.54, 1.807) is 6.07 Å². The van der Waals surface area contributed by atoms with Gasteiger partial charge >= 0.3 is 0 Å². The van der Waals surface area contributed by atoms with Crippen molar-refractivity contribution in [1.29, 1.82) is 0 Å². The number of amides is 1. The average molecular weight is 357 g/mol. The fourth-order valence-electron chi connectivity index (χ4n) is 3.07. The maximum Gasteiger partial charge on any atom is 0.256 e. The molecular formula is C20H21ClN2O2. The third kappa shape index (κ3) is 3.55. The number of benzene rings is 2. The van der Waals surface area contributed by atoms with Gasteiger partial charge in [0.05, 0.1) is 6.61 Å². The van der Waals surface area contributed by atoms with E-state index in [-0.39, 0.29) is 12.5 Å². The second-order valence-electron chi connectivity index (χ2n) is 6.05. The summed E-state index contributed by atoms with van der Waals surface area (Å²) in [4.78, 5) is 14.4. The third-order valence-corrected chi connectivity index (χ3v) is 4.67. The molecule has 1 heterocycles. The van der Waals surface area contributed by atoms with Gasteiger partial charge in [-0.05, 0) is 61.4 Å². The first-order chi connectivity index (χ1) is 12.0. The highest BCUT2D eigenvalue weighted by Crippen LogP contribution is 2.35. The number of rotatable bonds is 5. The number of carbonyl (C=O) groups excluding carboxylic acids is 1. The summed E-state index contributed by atoms with van der Waals surface area (Å²) < 4.78 is 0. The molecule has 130 valence electrons. The van der Waals surface area contributed by atoms with Crippen molar-refractivity contribution in [2.75, 3.05) is 29.9 Å². The van der Waals surface area contributed by atoms with Crippen LogP contribution in [0.4, 0.5) is 11.4 Å². The van der Waals surface area contributed by atoms with Gasteiger partial charge in [-0.25, -0.2) is 0 Å². The molecule has 4 nitrogen and oxygen atoms in total. The average Bonchev–Trinajstić information content (AvgIpc) is 2.89. The first kappa shape index (κ1) is 17.5. The molecule has 0 saturated heterocycles. The van der Waals surface area contributed by atoms with Crippen LogP contribution in [-0.2, 0) is 4.79 Å². The molecular weight excluding hydrogens is 336 g/mol. The van der Waals surface area contributed by atoms with Gasteiger partial charge in [0.15, 0.2) is 0 Å². The normalized spacial score (nSPS) is 14.6. The lowest BCUT2D eigenvalue weighted by Crippen LogP contribution is -2.26. The van der Waals surface area contributed by atoms with Crippen molar-refractivity contribution in [3.05, 3.63) is 58.1 Å². The van der Waals surface area contributed by atoms with Gasteiger partial charge < -0.3 is 15.3 Å². The molecule has 25 heavy (non-hydrogen) atoms. The fraction of sp³-hybridized carbons (Fsp3) is 0.250. The van der Waals surface area contributed by atoms with E-state index in [2.05, 4.69) is 23.2 Å². The van der Waals surface area contributed by atoms with Crippen molar-refractivity contribution >= 4 is 40.5 Å². The van der Waals surface area contributed by atoms with Crippen LogP contribution in [0, 0.1) is 6.92 Å². The van der Waals surface area contributed by atoms with Crippen LogP contribution in [0.15, 0.2) is 36.4 Å². The van der Waals surface area contributed by atoms with Crippen molar-refractivity contribution in [3.63, 3.8) is 0 Å². The number of aliphatic hydroxyl groups is 1. The minimum absolute atomic E-state index is 0.115. The Morgan fingerprint density at radius 1 is 1.24 bits per heavy atom. The van der Waals surface area contributed by atoms with Crippen molar-refractivity contribution < 1.29 is 9.90 Å². The van der Waals surface area contributed by atoms with Gasteiger partial charge in [-0.1, -0.05) is 17.7 Å². The predicted molar refractivity (Wildman–Crippen MR) is 104 cm³/mol. The number of likely N-dealkylation sites (N-methyl/N-ethyl adjacent to an activating group) is 1. The highest BCUT2D eigenvalue weighted by atomic mass is 35.5. The van der Waals surface area contributed by atoms with E-state index in [4.69, 9.17) is 11.6 Å². The number of nitrogens with one attached hydrogen (secondary N) is 1. The highest BCUT2D eigenvalue weighted by Gasteiger charge is 2.24. The molecule has 0 unspecified atom stereocenters. The minimum Gasteiger partial charge on any atom is -0.395 e. The summed E-state index contributed by atoms with van der Waals surface area (Å²) in [5, 5.41) is 12.7. The lowest BCUT2D eigenvalue weighted by atomic mass is 10.0. The van der Waals surface area contributed by atoms with Crippen LogP contribution in [0.3, 0.4) is 0 Å². The van der Waals surface area contributed by atoms with Crippen LogP contribution in [0.25, 0.3) is 11.6 Å². The highest BCUT2D eigenvalue weighted by molar-refractivity contribution is 6.36. The van der Waals surface area contributed by atoms with Gasteiger partial charge in [0.25, 0.3) is 5.91 Å². The SMILES string of the molecule is CCN(CCO)c1ccc(/C=C2/C(=O)Nc3ccc(Cl)cc32)c(C)c1. The second kappa shape index (κ2) is 7.30. The molecule has 0 aliphatic carbocycles. The second-order valence-corrected chi connectivity index (χ2v) is 6.48. The Hall–Kier alpha value is -2.30. The van der Waals surface area contributed by atoms with Crippen LogP contribution in [-0.4, -0.2) is 30.7 Å². The zero-order valence-corrected chi connectivity index (χ0v) is 15.1. The molecule has 0 saturated carbocycles. The zero-order chi connectivity index (χ0) is 18.0. The van der Waals surface area contributed by atoms with Crippen molar-refractivity contribution in [1.82, 2.24) is 0 Å². The number of hydrogen-bond donors (Lipinski definition) is 2. The quantitative estimate of drug-likeness (QED) is 0.797. The van der Waals surface area contributed by atoms with Crippen LogP contribution in [0.1, 0.15) is 23.6 Å². The molecule has 1 amide bonds. The van der Waals surface area contributed by atoms with Crippen LogP contribution < -0.4 is 10.2 Å². The van der Waals surface area contributed by atoms with Crippen LogP contribution in [0.5, 0.6) is 0 Å². The van der Waals surface area contributed by atoms with Gasteiger partial charge in [0.2, 0.25) is 0 Å². The Labute approximate surface area is 152 Å². The van der Waals surface area contributed by atoms with Crippen LogP contribution in [0.2, 0.25) is 5.02 Å². The van der Waals surface area contributed by atoms with Gasteiger partial charge in [-0.3, -0.25) is 4.79 Å². The number of halogens is 1. The summed E-state index contributed by atoms with van der Waals surface area (Å²) in [5.74, 6) is -0.115. The summed E-state index contributed by atoms with van der Waals surface area (Å²) in [6, 6.07) is 11.5. The Kier molecular flexibility index (Phi) is 5.11. The molecule has 0 radical (unpaired) electrons. The first-order valence-electron chi connectivity index (χ1n) is 8.33. The smallest absolute Gasteiger partial charge is 0.256 e. The van der Waals surface area contributed by atoms with E-state index in [9.17, 15) is 9.90 Å². The van der Waals surface area contributed by atoms with Crippen molar-refractivity contribution in [3.8, 4) is 0 Å². The largest absolute Gasteiger partial charge is 0.395 e. The van der Waals surface area contributed by atoms with Crippen molar-refractivity contribution in [2.24, 2.45) is 0 Å². The number of carbonyl (C=O) groups is 1. The summed E-state index contributed by atoms with van der Waals surface area (Å²) >= 11 is 6.08. The lowest BCUT2D eigenvalue weighted by molar-refractivity contribution is -0.110. The van der Waals surface area contributed by atoms with E-state index >= 15 is 0 Å². The molecule has 2 aromatic carbocycles. The van der Waals surface area contributed by atoms with Gasteiger partial charge in [-0.2, -0.15) is 0 Å². The fourth-order valence-corrected chi connectivity index (χ4v) is 3.24. The first-order valence-corrected chi connectivity index (χ1v) is 8.70.